The number of carbonyl (C=O) groups excluding carboxylic acids is 1. The highest BCUT2D eigenvalue weighted by atomic mass is 16.5. The number of benzene rings is 1. The summed E-state index contributed by atoms with van der Waals surface area (Å²) in [7, 11) is 1.51. The maximum atomic E-state index is 11.9. The first-order chi connectivity index (χ1) is 8.81. The molecule has 0 N–H and O–H groups in total. The van der Waals surface area contributed by atoms with Crippen LogP contribution in [-0.2, 0) is 0 Å². The summed E-state index contributed by atoms with van der Waals surface area (Å²) in [5.41, 5.74) is 0.288. The molecule has 0 aliphatic rings. The molecule has 0 saturated carbocycles. The minimum absolute atomic E-state index is 0.0581. The first-order valence-electron chi connectivity index (χ1n) is 5.51. The van der Waals surface area contributed by atoms with Crippen LogP contribution in [0.1, 0.15) is 10.5 Å². The SMILES string of the molecule is COc1cccnc1C(=O)COc1ccccc1. The summed E-state index contributed by atoms with van der Waals surface area (Å²) < 4.78 is 10.5. The lowest BCUT2D eigenvalue weighted by Crippen LogP contribution is -2.14. The van der Waals surface area contributed by atoms with Gasteiger partial charge in [-0.1, -0.05) is 18.2 Å². The maximum absolute atomic E-state index is 11.9. The van der Waals surface area contributed by atoms with Crippen LogP contribution < -0.4 is 9.47 Å². The van der Waals surface area contributed by atoms with Gasteiger partial charge in [-0.3, -0.25) is 4.79 Å². The highest BCUT2D eigenvalue weighted by molar-refractivity contribution is 5.97. The number of hydrogen-bond acceptors (Lipinski definition) is 4. The Morgan fingerprint density at radius 2 is 1.94 bits per heavy atom. The molecule has 18 heavy (non-hydrogen) atoms. The Morgan fingerprint density at radius 1 is 1.17 bits per heavy atom. The van der Waals surface area contributed by atoms with Gasteiger partial charge in [0.2, 0.25) is 5.78 Å². The molecule has 0 amide bonds. The van der Waals surface area contributed by atoms with Crippen molar-refractivity contribution in [3.63, 3.8) is 0 Å². The summed E-state index contributed by atoms with van der Waals surface area (Å²) in [6, 6.07) is 12.6. The van der Waals surface area contributed by atoms with Crippen molar-refractivity contribution in [1.82, 2.24) is 4.98 Å². The first-order valence-corrected chi connectivity index (χ1v) is 5.51. The summed E-state index contributed by atoms with van der Waals surface area (Å²) in [6.07, 6.45) is 1.55. The van der Waals surface area contributed by atoms with Crippen LogP contribution in [-0.4, -0.2) is 24.5 Å². The molecule has 0 aliphatic carbocycles. The topological polar surface area (TPSA) is 48.4 Å². The molecule has 0 aliphatic heterocycles. The van der Waals surface area contributed by atoms with Gasteiger partial charge in [-0.25, -0.2) is 4.98 Å². The third kappa shape index (κ3) is 2.85. The Balaban J connectivity index is 2.04. The highest BCUT2D eigenvalue weighted by Gasteiger charge is 2.13. The maximum Gasteiger partial charge on any atom is 0.222 e. The number of ether oxygens (including phenoxy) is 2. The Bertz CT molecular complexity index is 526. The van der Waals surface area contributed by atoms with E-state index in [0.717, 1.165) is 0 Å². The molecule has 0 saturated heterocycles. The van der Waals surface area contributed by atoms with Gasteiger partial charge in [0.25, 0.3) is 0 Å². The Kier molecular flexibility index (Phi) is 3.91. The van der Waals surface area contributed by atoms with Crippen LogP contribution in [0.3, 0.4) is 0 Å². The lowest BCUT2D eigenvalue weighted by molar-refractivity contribution is 0.0913. The number of methoxy groups -OCH3 is 1. The van der Waals surface area contributed by atoms with Crippen molar-refractivity contribution >= 4 is 5.78 Å². The molecule has 4 nitrogen and oxygen atoms in total. The lowest BCUT2D eigenvalue weighted by Gasteiger charge is -2.07. The van der Waals surface area contributed by atoms with Crippen molar-refractivity contribution in [2.24, 2.45) is 0 Å². The van der Waals surface area contributed by atoms with Crippen molar-refractivity contribution in [3.05, 3.63) is 54.4 Å². The van der Waals surface area contributed by atoms with Gasteiger partial charge in [0.1, 0.15) is 11.5 Å². The molecular weight excluding hydrogens is 230 g/mol. The Labute approximate surface area is 105 Å². The highest BCUT2D eigenvalue weighted by Crippen LogP contribution is 2.16. The van der Waals surface area contributed by atoms with E-state index in [0.29, 0.717) is 11.5 Å². The summed E-state index contributed by atoms with van der Waals surface area (Å²) in [6.45, 7) is -0.0581. The van der Waals surface area contributed by atoms with Gasteiger partial charge < -0.3 is 9.47 Å². The van der Waals surface area contributed by atoms with Crippen molar-refractivity contribution in [3.8, 4) is 11.5 Å². The number of pyridine rings is 1. The summed E-state index contributed by atoms with van der Waals surface area (Å²) >= 11 is 0. The molecule has 0 atom stereocenters. The van der Waals surface area contributed by atoms with Gasteiger partial charge >= 0.3 is 0 Å². The number of hydrogen-bond donors (Lipinski definition) is 0. The van der Waals surface area contributed by atoms with E-state index in [1.165, 1.54) is 7.11 Å². The second-order valence-corrected chi connectivity index (χ2v) is 3.58. The average Bonchev–Trinajstić information content (AvgIpc) is 2.45. The summed E-state index contributed by atoms with van der Waals surface area (Å²) in [5.74, 6) is 0.899. The zero-order valence-electron chi connectivity index (χ0n) is 10.00. The smallest absolute Gasteiger partial charge is 0.222 e. The molecule has 1 aromatic carbocycles. The quantitative estimate of drug-likeness (QED) is 0.756. The van der Waals surface area contributed by atoms with Crippen LogP contribution in [0.4, 0.5) is 0 Å². The van der Waals surface area contributed by atoms with Crippen LogP contribution in [0, 0.1) is 0 Å². The Morgan fingerprint density at radius 3 is 2.67 bits per heavy atom. The van der Waals surface area contributed by atoms with E-state index >= 15 is 0 Å². The predicted molar refractivity (Wildman–Crippen MR) is 67.1 cm³/mol. The number of aromatic nitrogens is 1. The Hall–Kier alpha value is -2.36. The van der Waals surface area contributed by atoms with Gasteiger partial charge in [0.15, 0.2) is 12.3 Å². The number of carbonyl (C=O) groups is 1. The fourth-order valence-corrected chi connectivity index (χ4v) is 1.50. The van der Waals surface area contributed by atoms with E-state index in [-0.39, 0.29) is 18.1 Å². The van der Waals surface area contributed by atoms with Crippen molar-refractivity contribution in [2.75, 3.05) is 13.7 Å². The van der Waals surface area contributed by atoms with Gasteiger partial charge in [0.05, 0.1) is 7.11 Å². The molecule has 92 valence electrons. The fourth-order valence-electron chi connectivity index (χ4n) is 1.50. The molecule has 1 heterocycles. The molecule has 1 aromatic heterocycles. The van der Waals surface area contributed by atoms with E-state index < -0.39 is 0 Å². The first kappa shape index (κ1) is 12.1. The third-order valence-corrected chi connectivity index (χ3v) is 2.37. The average molecular weight is 243 g/mol. The van der Waals surface area contributed by atoms with E-state index in [2.05, 4.69) is 4.98 Å². The molecule has 0 unspecified atom stereocenters. The second-order valence-electron chi connectivity index (χ2n) is 3.58. The molecule has 0 bridgehead atoms. The van der Waals surface area contributed by atoms with Crippen LogP contribution in [0.2, 0.25) is 0 Å². The second kappa shape index (κ2) is 5.82. The predicted octanol–water partition coefficient (Wildman–Crippen LogP) is 2.35. The van der Waals surface area contributed by atoms with Crippen molar-refractivity contribution in [2.45, 2.75) is 0 Å². The number of Topliss-reactive ketones (excluding diaryl/α,β-unsaturated/α-hetero) is 1. The molecule has 0 fully saturated rings. The minimum Gasteiger partial charge on any atom is -0.494 e. The van der Waals surface area contributed by atoms with Gasteiger partial charge in [0, 0.05) is 6.20 Å². The van der Waals surface area contributed by atoms with Gasteiger partial charge in [-0.05, 0) is 24.3 Å². The van der Waals surface area contributed by atoms with E-state index in [4.69, 9.17) is 9.47 Å². The fraction of sp³-hybridized carbons (Fsp3) is 0.143. The minimum atomic E-state index is -0.212. The normalized spacial score (nSPS) is 9.83. The molecule has 0 radical (unpaired) electrons. The van der Waals surface area contributed by atoms with Gasteiger partial charge in [-0.2, -0.15) is 0 Å². The standard InChI is InChI=1S/C14H13NO3/c1-17-13-8-5-9-15-14(13)12(16)10-18-11-6-3-2-4-7-11/h2-9H,10H2,1H3. The number of nitrogens with zero attached hydrogens (tertiary/aromatic N) is 1. The molecule has 0 spiro atoms. The van der Waals surface area contributed by atoms with Crippen LogP contribution in [0.15, 0.2) is 48.7 Å². The van der Waals surface area contributed by atoms with Crippen molar-refractivity contribution in [1.29, 1.82) is 0 Å². The number of rotatable bonds is 5. The summed E-state index contributed by atoms with van der Waals surface area (Å²) in [4.78, 5) is 15.9. The number of ketones is 1. The van der Waals surface area contributed by atoms with E-state index in [9.17, 15) is 4.79 Å². The number of para-hydroxylation sites is 1. The zero-order chi connectivity index (χ0) is 12.8. The lowest BCUT2D eigenvalue weighted by atomic mass is 10.2. The molecular formula is C14H13NO3. The molecule has 2 rings (SSSR count). The van der Waals surface area contributed by atoms with Crippen LogP contribution in [0.25, 0.3) is 0 Å². The summed E-state index contributed by atoms with van der Waals surface area (Å²) in [5, 5.41) is 0. The van der Waals surface area contributed by atoms with Crippen LogP contribution >= 0.6 is 0 Å². The monoisotopic (exact) mass is 243 g/mol. The largest absolute Gasteiger partial charge is 0.494 e. The van der Waals surface area contributed by atoms with E-state index in [1.807, 2.05) is 18.2 Å². The molecule has 4 heteroatoms. The van der Waals surface area contributed by atoms with Crippen molar-refractivity contribution < 1.29 is 14.3 Å². The van der Waals surface area contributed by atoms with Gasteiger partial charge in [-0.15, -0.1) is 0 Å². The third-order valence-electron chi connectivity index (χ3n) is 2.37. The van der Waals surface area contributed by atoms with E-state index in [1.54, 1.807) is 30.5 Å². The molecule has 2 aromatic rings. The van der Waals surface area contributed by atoms with Crippen LogP contribution in [0.5, 0.6) is 11.5 Å². The zero-order valence-corrected chi connectivity index (χ0v) is 10.00.